The lowest BCUT2D eigenvalue weighted by Gasteiger charge is -2.25. The molecule has 1 aliphatic carbocycles. The van der Waals surface area contributed by atoms with Crippen molar-refractivity contribution >= 4 is 57.5 Å². The maximum atomic E-state index is 13.2. The quantitative estimate of drug-likeness (QED) is 0.146. The van der Waals surface area contributed by atoms with Crippen molar-refractivity contribution in [1.29, 1.82) is 0 Å². The molecule has 4 aromatic carbocycles. The van der Waals surface area contributed by atoms with Crippen molar-refractivity contribution in [3.05, 3.63) is 136 Å². The number of nitrogens with zero attached hydrogens (tertiary/aromatic N) is 4. The number of Topliss-reactive ketones (excluding diaryl/α,β-unsaturated/α-hetero) is 1. The molecule has 0 spiro atoms. The van der Waals surface area contributed by atoms with Gasteiger partial charge in [-0.05, 0) is 60.0 Å². The Kier molecular flexibility index (Phi) is 7.93. The molecule has 7 rings (SSSR count). The van der Waals surface area contributed by atoms with Crippen molar-refractivity contribution in [2.75, 3.05) is 37.0 Å². The van der Waals surface area contributed by atoms with Crippen LogP contribution in [0, 0.1) is 0 Å². The second-order valence-corrected chi connectivity index (χ2v) is 12.7. The van der Waals surface area contributed by atoms with E-state index in [1.165, 1.54) is 21.0 Å². The van der Waals surface area contributed by atoms with Gasteiger partial charge in [-0.1, -0.05) is 90.3 Å². The van der Waals surface area contributed by atoms with Gasteiger partial charge in [-0.25, -0.2) is 0 Å². The first kappa shape index (κ1) is 29.6. The molecule has 0 amide bonds. The van der Waals surface area contributed by atoms with Crippen molar-refractivity contribution in [3.8, 4) is 5.69 Å². The molecule has 2 heterocycles. The Bertz CT molecular complexity index is 2080. The number of carbonyl (C=O) groups is 1. The predicted molar refractivity (Wildman–Crippen MR) is 188 cm³/mol. The Morgan fingerprint density at radius 3 is 2.41 bits per heavy atom. The first-order chi connectivity index (χ1) is 22.4. The van der Waals surface area contributed by atoms with Gasteiger partial charge in [-0.2, -0.15) is 4.57 Å². The van der Waals surface area contributed by atoms with E-state index in [4.69, 9.17) is 0 Å². The van der Waals surface area contributed by atoms with Crippen LogP contribution in [0.4, 0.5) is 11.5 Å². The summed E-state index contributed by atoms with van der Waals surface area (Å²) in [5.41, 5.74) is 6.15. The maximum absolute atomic E-state index is 13.2. The normalized spacial score (nSPS) is 16.0. The van der Waals surface area contributed by atoms with Gasteiger partial charge in [0.2, 0.25) is 5.78 Å². The van der Waals surface area contributed by atoms with E-state index in [0.29, 0.717) is 36.2 Å². The largest absolute Gasteiger partial charge is 0.872 e. The van der Waals surface area contributed by atoms with Crippen LogP contribution in [0.1, 0.15) is 34.8 Å². The van der Waals surface area contributed by atoms with Crippen molar-refractivity contribution in [2.45, 2.75) is 18.2 Å². The zero-order valence-electron chi connectivity index (χ0n) is 26.1. The van der Waals surface area contributed by atoms with Gasteiger partial charge < -0.3 is 10.0 Å². The number of aromatic nitrogens is 1. The summed E-state index contributed by atoms with van der Waals surface area (Å²) in [6, 6.07) is 36.7. The minimum Gasteiger partial charge on any atom is -0.872 e. The summed E-state index contributed by atoms with van der Waals surface area (Å²) in [6.07, 6.45) is 3.00. The molecule has 46 heavy (non-hydrogen) atoms. The van der Waals surface area contributed by atoms with E-state index in [1.807, 2.05) is 6.07 Å². The summed E-state index contributed by atoms with van der Waals surface area (Å²) in [7, 11) is 4.22. The number of hydrogen-bond acceptors (Lipinski definition) is 6. The van der Waals surface area contributed by atoms with Gasteiger partial charge in [0.1, 0.15) is 16.9 Å². The molecule has 1 aliphatic heterocycles. The van der Waals surface area contributed by atoms with Gasteiger partial charge >= 0.3 is 0 Å². The second kappa shape index (κ2) is 12.3. The van der Waals surface area contributed by atoms with Crippen LogP contribution < -0.4 is 19.5 Å². The zero-order chi connectivity index (χ0) is 31.8. The van der Waals surface area contributed by atoms with Crippen LogP contribution in [0.2, 0.25) is 0 Å². The average Bonchev–Trinajstić information content (AvgIpc) is 3.41. The van der Waals surface area contributed by atoms with Crippen LogP contribution in [-0.2, 0) is 0 Å². The number of allylic oxidation sites excluding steroid dienone is 1. The Balaban J connectivity index is 1.22. The maximum Gasteiger partial charge on any atom is 0.282 e. The molecular weight excluding hydrogens is 589 g/mol. The molecule has 5 aromatic rings. The Morgan fingerprint density at radius 2 is 1.61 bits per heavy atom. The lowest BCUT2D eigenvalue weighted by molar-refractivity contribution is -0.553. The molecule has 0 saturated carbocycles. The highest BCUT2D eigenvalue weighted by Crippen LogP contribution is 2.45. The van der Waals surface area contributed by atoms with E-state index in [0.717, 1.165) is 22.6 Å². The summed E-state index contributed by atoms with van der Waals surface area (Å²) in [5, 5.41) is 15.3. The number of fused-ring (bicyclic) bond motifs is 3. The first-order valence-corrected chi connectivity index (χ1v) is 16.3. The molecule has 0 N–H and O–H groups in total. The Morgan fingerprint density at radius 1 is 0.913 bits per heavy atom. The minimum atomic E-state index is -0.174. The van der Waals surface area contributed by atoms with E-state index < -0.39 is 0 Å². The molecule has 7 heteroatoms. The minimum absolute atomic E-state index is 0.123. The Labute approximate surface area is 273 Å². The summed E-state index contributed by atoms with van der Waals surface area (Å²) in [4.78, 5) is 23.6. The smallest absolute Gasteiger partial charge is 0.282 e. The number of aliphatic imine (C=N–C) groups is 1. The standard InChI is InChI=1S/C39H34N4O2S/c1-26-37(39(45)31-18-8-7-17-30(31)38(26)44)40-22-13-23-41(2)35-24-27(25-36-42(3)33-20-11-12-21-34(33)46-36)29-16-9-10-19-32(29)43(35)28-14-5-4-6-15-28/h4-12,14-21,24-25H,13,22-23H2,1-3H3. The van der Waals surface area contributed by atoms with E-state index in [2.05, 4.69) is 118 Å². The van der Waals surface area contributed by atoms with Gasteiger partial charge in [0.15, 0.2) is 0 Å². The number of hydrogen-bond donors (Lipinski definition) is 0. The molecule has 0 atom stereocenters. The van der Waals surface area contributed by atoms with E-state index in [1.54, 1.807) is 43.0 Å². The SMILES string of the molecule is CC1=C([O-])c2ccccc2C(=O)C1=NCCCN(C)c1cc(/C=C2\Sc3ccccc3N2C)c2ccccc2[n+]1-c1ccccc1. The average molecular weight is 623 g/mol. The highest BCUT2D eigenvalue weighted by Gasteiger charge is 2.26. The highest BCUT2D eigenvalue weighted by molar-refractivity contribution is 8.03. The van der Waals surface area contributed by atoms with Crippen LogP contribution in [0.5, 0.6) is 0 Å². The van der Waals surface area contributed by atoms with Crippen molar-refractivity contribution in [3.63, 3.8) is 0 Å². The number of anilines is 2. The number of thioether (sulfide) groups is 1. The van der Waals surface area contributed by atoms with Gasteiger partial charge in [-0.3, -0.25) is 14.7 Å². The van der Waals surface area contributed by atoms with Gasteiger partial charge in [0.25, 0.3) is 5.82 Å². The highest BCUT2D eigenvalue weighted by atomic mass is 32.2. The number of pyridine rings is 1. The lowest BCUT2D eigenvalue weighted by Crippen LogP contribution is -2.40. The third-order valence-electron chi connectivity index (χ3n) is 8.67. The molecule has 228 valence electrons. The van der Waals surface area contributed by atoms with Crippen molar-refractivity contribution in [2.24, 2.45) is 4.99 Å². The second-order valence-electron chi connectivity index (χ2n) is 11.6. The fraction of sp³-hybridized carbons (Fsp3) is 0.154. The summed E-state index contributed by atoms with van der Waals surface area (Å²) < 4.78 is 2.31. The molecule has 0 saturated heterocycles. The molecule has 1 aromatic heterocycles. The van der Waals surface area contributed by atoms with Gasteiger partial charge in [0.05, 0.1) is 24.3 Å². The van der Waals surface area contributed by atoms with E-state index in [9.17, 15) is 9.90 Å². The third-order valence-corrected chi connectivity index (χ3v) is 9.84. The van der Waals surface area contributed by atoms with Crippen LogP contribution >= 0.6 is 11.8 Å². The summed E-state index contributed by atoms with van der Waals surface area (Å²) in [6.45, 7) is 2.84. The van der Waals surface area contributed by atoms with Crippen LogP contribution in [-0.4, -0.2) is 38.7 Å². The number of para-hydroxylation sites is 3. The molecule has 2 aliphatic rings. The zero-order valence-corrected chi connectivity index (χ0v) is 26.9. The number of rotatable bonds is 7. The monoisotopic (exact) mass is 622 g/mol. The van der Waals surface area contributed by atoms with Crippen LogP contribution in [0.25, 0.3) is 28.4 Å². The van der Waals surface area contributed by atoms with Crippen LogP contribution in [0.15, 0.2) is 130 Å². The van der Waals surface area contributed by atoms with E-state index in [-0.39, 0.29) is 17.3 Å². The molecular formula is C39H34N4O2S. The van der Waals surface area contributed by atoms with Crippen LogP contribution in [0.3, 0.4) is 0 Å². The predicted octanol–water partition coefficient (Wildman–Crippen LogP) is 6.91. The topological polar surface area (TPSA) is 62.9 Å². The molecule has 0 radical (unpaired) electrons. The molecule has 0 unspecified atom stereocenters. The molecule has 0 fully saturated rings. The first-order valence-electron chi connectivity index (χ1n) is 15.5. The van der Waals surface area contributed by atoms with E-state index >= 15 is 0 Å². The fourth-order valence-corrected chi connectivity index (χ4v) is 7.34. The van der Waals surface area contributed by atoms with Gasteiger partial charge in [-0.15, -0.1) is 0 Å². The third kappa shape index (κ3) is 5.26. The number of carbonyl (C=O) groups excluding carboxylic acids is 1. The molecule has 0 bridgehead atoms. The lowest BCUT2D eigenvalue weighted by atomic mass is 9.88. The van der Waals surface area contributed by atoms with Gasteiger partial charge in [0, 0.05) is 41.9 Å². The fourth-order valence-electron chi connectivity index (χ4n) is 6.24. The summed E-state index contributed by atoms with van der Waals surface area (Å²) >= 11 is 1.79. The number of ketones is 1. The number of benzene rings is 4. The summed E-state index contributed by atoms with van der Waals surface area (Å²) in [5.74, 6) is 0.752. The molecule has 6 nitrogen and oxygen atoms in total. The van der Waals surface area contributed by atoms with Crippen molar-refractivity contribution < 1.29 is 14.5 Å². The van der Waals surface area contributed by atoms with Crippen molar-refractivity contribution in [1.82, 2.24) is 0 Å². The Hall–Kier alpha value is -5.14.